The lowest BCUT2D eigenvalue weighted by Crippen LogP contribution is -2.28. The number of benzene rings is 1. The van der Waals surface area contributed by atoms with Gasteiger partial charge in [0.05, 0.1) is 10.3 Å². The number of halogens is 1. The van der Waals surface area contributed by atoms with Crippen LogP contribution in [0.2, 0.25) is 0 Å². The fourth-order valence-electron chi connectivity index (χ4n) is 2.15. The van der Waals surface area contributed by atoms with Crippen LogP contribution in [0.4, 0.5) is 4.79 Å². The highest BCUT2D eigenvalue weighted by atomic mass is 79.9. The molecule has 0 aliphatic carbocycles. The largest absolute Gasteiger partial charge is 0.445 e. The Kier molecular flexibility index (Phi) is 7.94. The second-order valence-corrected chi connectivity index (χ2v) is 8.10. The molecule has 0 saturated carbocycles. The molecule has 1 N–H and O–H groups in total. The van der Waals surface area contributed by atoms with Gasteiger partial charge in [-0.05, 0) is 40.0 Å². The fourth-order valence-corrected chi connectivity index (χ4v) is 3.69. The van der Waals surface area contributed by atoms with E-state index >= 15 is 0 Å². The van der Waals surface area contributed by atoms with Gasteiger partial charge in [0.25, 0.3) is 0 Å². The Hall–Kier alpha value is -1.86. The topological polar surface area (TPSA) is 58.6 Å². The summed E-state index contributed by atoms with van der Waals surface area (Å²) in [5, 5.41) is 2.66. The van der Waals surface area contributed by atoms with Gasteiger partial charge in [0.1, 0.15) is 6.61 Å². The minimum absolute atomic E-state index is 0.0592. The average Bonchev–Trinajstić information content (AvgIpc) is 3.02. The fraction of sp³-hybridized carbons (Fsp3) is 0.333. The molecule has 0 saturated heterocycles. The van der Waals surface area contributed by atoms with E-state index in [2.05, 4.69) is 21.2 Å². The lowest BCUT2D eigenvalue weighted by atomic mass is 10.2. The van der Waals surface area contributed by atoms with Crippen LogP contribution >= 0.6 is 27.3 Å². The van der Waals surface area contributed by atoms with Crippen LogP contribution in [-0.4, -0.2) is 30.5 Å². The lowest BCUT2D eigenvalue weighted by molar-refractivity contribution is -0.130. The van der Waals surface area contributed by atoms with E-state index in [-0.39, 0.29) is 12.5 Å². The molecule has 0 aliphatic rings. The molecular formula is C18H21BrN2O3S. The molecule has 134 valence electrons. The molecule has 0 radical (unpaired) electrons. The number of carbonyl (C=O) groups excluding carboxylic acids is 2. The highest BCUT2D eigenvalue weighted by molar-refractivity contribution is 9.11. The molecule has 0 fully saturated rings. The SMILES string of the molecule is CN(Cc1ccc(Br)s1)C(=O)CCCNC(=O)OCc1ccccc1. The standard InChI is InChI=1S/C18H21BrN2O3S/c1-21(12-15-9-10-16(19)25-15)17(22)8-5-11-20-18(23)24-13-14-6-3-2-4-7-14/h2-4,6-7,9-10H,5,8,11-13H2,1H3,(H,20,23). The molecule has 1 heterocycles. The third kappa shape index (κ3) is 7.27. The van der Waals surface area contributed by atoms with E-state index in [9.17, 15) is 9.59 Å². The molecule has 2 rings (SSSR count). The maximum absolute atomic E-state index is 12.1. The van der Waals surface area contributed by atoms with E-state index in [0.717, 1.165) is 14.2 Å². The molecule has 0 atom stereocenters. The van der Waals surface area contributed by atoms with Crippen molar-refractivity contribution >= 4 is 39.3 Å². The number of thiophene rings is 1. The molecule has 0 aliphatic heterocycles. The molecule has 1 aromatic carbocycles. The number of alkyl carbamates (subject to hydrolysis) is 1. The Bertz CT molecular complexity index is 691. The van der Waals surface area contributed by atoms with Crippen molar-refractivity contribution in [3.63, 3.8) is 0 Å². The molecule has 0 unspecified atom stereocenters. The molecule has 1 aromatic heterocycles. The Balaban J connectivity index is 1.58. The number of amides is 2. The smallest absolute Gasteiger partial charge is 0.407 e. The molecule has 7 heteroatoms. The number of carbonyl (C=O) groups is 2. The van der Waals surface area contributed by atoms with Crippen LogP contribution < -0.4 is 5.32 Å². The van der Waals surface area contributed by atoms with Gasteiger partial charge in [-0.3, -0.25) is 4.79 Å². The molecule has 2 aromatic rings. The summed E-state index contributed by atoms with van der Waals surface area (Å²) in [6.07, 6.45) is 0.507. The molecule has 25 heavy (non-hydrogen) atoms. The summed E-state index contributed by atoms with van der Waals surface area (Å²) in [5.41, 5.74) is 0.940. The summed E-state index contributed by atoms with van der Waals surface area (Å²) < 4.78 is 6.17. The molecule has 2 amide bonds. The quantitative estimate of drug-likeness (QED) is 0.646. The van der Waals surface area contributed by atoms with Gasteiger partial charge in [-0.1, -0.05) is 30.3 Å². The zero-order chi connectivity index (χ0) is 18.1. The van der Waals surface area contributed by atoms with E-state index < -0.39 is 6.09 Å². The third-order valence-corrected chi connectivity index (χ3v) is 5.11. The second kappa shape index (κ2) is 10.2. The van der Waals surface area contributed by atoms with Gasteiger partial charge in [-0.25, -0.2) is 4.79 Å². The first-order chi connectivity index (χ1) is 12.0. The summed E-state index contributed by atoms with van der Waals surface area (Å²) in [4.78, 5) is 26.5. The van der Waals surface area contributed by atoms with Gasteiger partial charge in [0.2, 0.25) is 5.91 Å². The van der Waals surface area contributed by atoms with E-state index in [4.69, 9.17) is 4.74 Å². The predicted octanol–water partition coefficient (Wildman–Crippen LogP) is 4.18. The summed E-state index contributed by atoms with van der Waals surface area (Å²) in [7, 11) is 1.79. The van der Waals surface area contributed by atoms with E-state index in [1.165, 1.54) is 0 Å². The van der Waals surface area contributed by atoms with Crippen LogP contribution in [0, 0.1) is 0 Å². The third-order valence-electron chi connectivity index (χ3n) is 3.50. The van der Waals surface area contributed by atoms with Gasteiger partial charge < -0.3 is 15.0 Å². The predicted molar refractivity (Wildman–Crippen MR) is 102 cm³/mol. The molecule has 0 spiro atoms. The number of rotatable bonds is 8. The van der Waals surface area contributed by atoms with Crippen molar-refractivity contribution in [3.8, 4) is 0 Å². The summed E-state index contributed by atoms with van der Waals surface area (Å²) in [5.74, 6) is 0.0592. The van der Waals surface area contributed by atoms with Crippen molar-refractivity contribution in [1.82, 2.24) is 10.2 Å². The maximum atomic E-state index is 12.1. The van der Waals surface area contributed by atoms with Crippen molar-refractivity contribution in [2.75, 3.05) is 13.6 Å². The van der Waals surface area contributed by atoms with Crippen molar-refractivity contribution in [2.45, 2.75) is 26.0 Å². The van der Waals surface area contributed by atoms with Gasteiger partial charge in [-0.15, -0.1) is 11.3 Å². The van der Waals surface area contributed by atoms with E-state index in [0.29, 0.717) is 25.9 Å². The average molecular weight is 425 g/mol. The Labute approximate surface area is 160 Å². The summed E-state index contributed by atoms with van der Waals surface area (Å²) in [6.45, 7) is 1.25. The van der Waals surface area contributed by atoms with Crippen LogP contribution in [0.1, 0.15) is 23.3 Å². The normalized spacial score (nSPS) is 10.3. The highest BCUT2D eigenvalue weighted by Gasteiger charge is 2.10. The van der Waals surface area contributed by atoms with Crippen molar-refractivity contribution in [1.29, 1.82) is 0 Å². The molecule has 0 bridgehead atoms. The van der Waals surface area contributed by atoms with Crippen LogP contribution in [-0.2, 0) is 22.7 Å². The summed E-state index contributed by atoms with van der Waals surface area (Å²) in [6, 6.07) is 13.5. The van der Waals surface area contributed by atoms with Gasteiger partial charge in [0, 0.05) is 24.9 Å². The van der Waals surface area contributed by atoms with E-state index in [1.807, 2.05) is 42.5 Å². The monoisotopic (exact) mass is 424 g/mol. The minimum Gasteiger partial charge on any atom is -0.445 e. The second-order valence-electron chi connectivity index (χ2n) is 5.55. The number of nitrogens with one attached hydrogen (secondary N) is 1. The van der Waals surface area contributed by atoms with Crippen LogP contribution in [0.3, 0.4) is 0 Å². The van der Waals surface area contributed by atoms with Crippen LogP contribution in [0.5, 0.6) is 0 Å². The first kappa shape index (κ1) is 19.5. The Morgan fingerprint density at radius 2 is 1.96 bits per heavy atom. The van der Waals surface area contributed by atoms with Crippen LogP contribution in [0.15, 0.2) is 46.3 Å². The zero-order valence-corrected chi connectivity index (χ0v) is 16.4. The lowest BCUT2D eigenvalue weighted by Gasteiger charge is -2.16. The van der Waals surface area contributed by atoms with Gasteiger partial charge in [-0.2, -0.15) is 0 Å². The maximum Gasteiger partial charge on any atom is 0.407 e. The number of hydrogen-bond donors (Lipinski definition) is 1. The molecular weight excluding hydrogens is 404 g/mol. The van der Waals surface area contributed by atoms with Crippen LogP contribution in [0.25, 0.3) is 0 Å². The molecule has 5 nitrogen and oxygen atoms in total. The van der Waals surface area contributed by atoms with Crippen molar-refractivity contribution < 1.29 is 14.3 Å². The zero-order valence-electron chi connectivity index (χ0n) is 14.0. The van der Waals surface area contributed by atoms with Crippen molar-refractivity contribution in [3.05, 3.63) is 56.7 Å². The van der Waals surface area contributed by atoms with Crippen molar-refractivity contribution in [2.24, 2.45) is 0 Å². The Morgan fingerprint density at radius 3 is 2.64 bits per heavy atom. The first-order valence-corrected chi connectivity index (χ1v) is 9.58. The number of ether oxygens (including phenoxy) is 1. The number of nitrogens with zero attached hydrogens (tertiary/aromatic N) is 1. The van der Waals surface area contributed by atoms with Gasteiger partial charge in [0.15, 0.2) is 0 Å². The Morgan fingerprint density at radius 1 is 1.20 bits per heavy atom. The highest BCUT2D eigenvalue weighted by Crippen LogP contribution is 2.23. The van der Waals surface area contributed by atoms with Gasteiger partial charge >= 0.3 is 6.09 Å². The number of hydrogen-bond acceptors (Lipinski definition) is 4. The first-order valence-electron chi connectivity index (χ1n) is 7.97. The summed E-state index contributed by atoms with van der Waals surface area (Å²) >= 11 is 5.03. The van der Waals surface area contributed by atoms with E-state index in [1.54, 1.807) is 23.3 Å². The minimum atomic E-state index is -0.465.